The van der Waals surface area contributed by atoms with Crippen LogP contribution in [0.4, 0.5) is 5.82 Å². The molecular weight excluding hydrogens is 376 g/mol. The van der Waals surface area contributed by atoms with Crippen LogP contribution in [-0.2, 0) is 17.8 Å². The van der Waals surface area contributed by atoms with Crippen LogP contribution in [-0.4, -0.2) is 62.3 Å². The third kappa shape index (κ3) is 7.65. The van der Waals surface area contributed by atoms with Gasteiger partial charge in [0.1, 0.15) is 5.82 Å². The Morgan fingerprint density at radius 2 is 1.77 bits per heavy atom. The molecule has 7 heteroatoms. The maximum Gasteiger partial charge on any atom is 0.191 e. The van der Waals surface area contributed by atoms with Crippen molar-refractivity contribution in [3.63, 3.8) is 0 Å². The highest BCUT2D eigenvalue weighted by Gasteiger charge is 2.12. The number of morpholine rings is 1. The molecule has 1 aromatic heterocycles. The molecular formula is C23H34N6O. The minimum Gasteiger partial charge on any atom is -0.379 e. The minimum atomic E-state index is 0.765. The van der Waals surface area contributed by atoms with E-state index in [9.17, 15) is 0 Å². The zero-order valence-electron chi connectivity index (χ0n) is 17.9. The van der Waals surface area contributed by atoms with E-state index >= 15 is 0 Å². The van der Waals surface area contributed by atoms with Crippen molar-refractivity contribution in [2.45, 2.75) is 25.9 Å². The first kappa shape index (κ1) is 22.1. The van der Waals surface area contributed by atoms with E-state index in [1.165, 1.54) is 11.1 Å². The Kier molecular flexibility index (Phi) is 9.43. The number of nitrogens with one attached hydrogen (secondary N) is 3. The van der Waals surface area contributed by atoms with Gasteiger partial charge in [-0.15, -0.1) is 0 Å². The standard InChI is InChI=1S/C23H34N6O/c1-24-23(27-13-7-6-12-26-22-10-4-5-11-25-22)28-18-20-8-2-3-9-21(20)19-29-14-16-30-17-15-29/h2-5,8-11H,6-7,12-19H2,1H3,(H,25,26)(H2,24,27,28). The molecule has 0 amide bonds. The first-order chi connectivity index (χ1) is 14.8. The molecule has 162 valence electrons. The lowest BCUT2D eigenvalue weighted by Crippen LogP contribution is -2.38. The number of aromatic nitrogens is 1. The fourth-order valence-corrected chi connectivity index (χ4v) is 3.42. The molecule has 0 atom stereocenters. The van der Waals surface area contributed by atoms with Crippen molar-refractivity contribution in [1.29, 1.82) is 0 Å². The van der Waals surface area contributed by atoms with Gasteiger partial charge >= 0.3 is 0 Å². The number of unbranched alkanes of at least 4 members (excludes halogenated alkanes) is 1. The van der Waals surface area contributed by atoms with Crippen molar-refractivity contribution >= 4 is 11.8 Å². The Hall–Kier alpha value is -2.64. The SMILES string of the molecule is CN=C(NCCCCNc1ccccn1)NCc1ccccc1CN1CCOCC1. The van der Waals surface area contributed by atoms with Crippen molar-refractivity contribution in [3.8, 4) is 0 Å². The molecule has 0 spiro atoms. The molecule has 3 rings (SSSR count). The highest BCUT2D eigenvalue weighted by Crippen LogP contribution is 2.13. The predicted octanol–water partition coefficient (Wildman–Crippen LogP) is 2.47. The minimum absolute atomic E-state index is 0.765. The normalized spacial score (nSPS) is 15.0. The molecule has 3 N–H and O–H groups in total. The number of hydrogen-bond acceptors (Lipinski definition) is 5. The van der Waals surface area contributed by atoms with Crippen molar-refractivity contribution in [3.05, 3.63) is 59.8 Å². The third-order valence-corrected chi connectivity index (χ3v) is 5.15. The molecule has 0 radical (unpaired) electrons. The van der Waals surface area contributed by atoms with Gasteiger partial charge in [0.2, 0.25) is 0 Å². The molecule has 1 saturated heterocycles. The largest absolute Gasteiger partial charge is 0.379 e. The monoisotopic (exact) mass is 410 g/mol. The molecule has 1 aliphatic rings. The fraction of sp³-hybridized carbons (Fsp3) is 0.478. The second-order valence-electron chi connectivity index (χ2n) is 7.36. The Morgan fingerprint density at radius 1 is 1.00 bits per heavy atom. The first-order valence-corrected chi connectivity index (χ1v) is 10.8. The number of benzene rings is 1. The van der Waals surface area contributed by atoms with E-state index in [0.717, 1.165) is 77.1 Å². The number of guanidine groups is 1. The van der Waals surface area contributed by atoms with Gasteiger partial charge in [0, 0.05) is 52.5 Å². The number of ether oxygens (including phenoxy) is 1. The number of hydrogen-bond donors (Lipinski definition) is 3. The van der Waals surface area contributed by atoms with Gasteiger partial charge in [0.25, 0.3) is 0 Å². The molecule has 0 unspecified atom stereocenters. The van der Waals surface area contributed by atoms with Crippen LogP contribution in [0.1, 0.15) is 24.0 Å². The summed E-state index contributed by atoms with van der Waals surface area (Å²) in [5.74, 6) is 1.77. The number of aliphatic imine (C=N–C) groups is 1. The highest BCUT2D eigenvalue weighted by molar-refractivity contribution is 5.79. The lowest BCUT2D eigenvalue weighted by Gasteiger charge is -2.27. The summed E-state index contributed by atoms with van der Waals surface area (Å²) in [6.45, 7) is 7.19. The zero-order chi connectivity index (χ0) is 20.9. The molecule has 0 aliphatic carbocycles. The zero-order valence-corrected chi connectivity index (χ0v) is 17.9. The lowest BCUT2D eigenvalue weighted by molar-refractivity contribution is 0.0341. The second kappa shape index (κ2) is 12.8. The smallest absolute Gasteiger partial charge is 0.191 e. The van der Waals surface area contributed by atoms with Gasteiger partial charge in [-0.1, -0.05) is 30.3 Å². The molecule has 0 saturated carbocycles. The van der Waals surface area contributed by atoms with Crippen LogP contribution >= 0.6 is 0 Å². The number of pyridine rings is 1. The molecule has 7 nitrogen and oxygen atoms in total. The average Bonchev–Trinajstić information content (AvgIpc) is 2.80. The molecule has 2 heterocycles. The van der Waals surface area contributed by atoms with E-state index in [2.05, 4.69) is 55.1 Å². The van der Waals surface area contributed by atoms with Crippen molar-refractivity contribution in [1.82, 2.24) is 20.5 Å². The van der Waals surface area contributed by atoms with Crippen LogP contribution in [0.15, 0.2) is 53.7 Å². The van der Waals surface area contributed by atoms with Crippen LogP contribution in [0.2, 0.25) is 0 Å². The van der Waals surface area contributed by atoms with Crippen LogP contribution < -0.4 is 16.0 Å². The van der Waals surface area contributed by atoms with Gasteiger partial charge in [-0.05, 0) is 36.1 Å². The van der Waals surface area contributed by atoms with E-state index in [1.807, 2.05) is 25.2 Å². The fourth-order valence-electron chi connectivity index (χ4n) is 3.42. The molecule has 1 aliphatic heterocycles. The van der Waals surface area contributed by atoms with Gasteiger partial charge in [-0.3, -0.25) is 9.89 Å². The summed E-state index contributed by atoms with van der Waals surface area (Å²) in [6, 6.07) is 14.5. The van der Waals surface area contributed by atoms with Crippen molar-refractivity contribution < 1.29 is 4.74 Å². The summed E-state index contributed by atoms with van der Waals surface area (Å²) < 4.78 is 5.46. The van der Waals surface area contributed by atoms with E-state index < -0.39 is 0 Å². The highest BCUT2D eigenvalue weighted by atomic mass is 16.5. The van der Waals surface area contributed by atoms with Crippen LogP contribution in [0.25, 0.3) is 0 Å². The van der Waals surface area contributed by atoms with Crippen molar-refractivity contribution in [2.24, 2.45) is 4.99 Å². The molecule has 2 aromatic rings. The molecule has 1 aromatic carbocycles. The van der Waals surface area contributed by atoms with Crippen molar-refractivity contribution in [2.75, 3.05) is 51.8 Å². The Bertz CT molecular complexity index is 761. The summed E-state index contributed by atoms with van der Waals surface area (Å²) in [6.07, 6.45) is 3.94. The molecule has 0 bridgehead atoms. The number of anilines is 1. The van der Waals surface area contributed by atoms with E-state index in [1.54, 1.807) is 6.20 Å². The predicted molar refractivity (Wildman–Crippen MR) is 123 cm³/mol. The maximum absolute atomic E-state index is 5.46. The van der Waals surface area contributed by atoms with Crippen LogP contribution in [0.3, 0.4) is 0 Å². The van der Waals surface area contributed by atoms with Crippen LogP contribution in [0.5, 0.6) is 0 Å². The van der Waals surface area contributed by atoms with E-state index in [0.29, 0.717) is 0 Å². The quantitative estimate of drug-likeness (QED) is 0.317. The first-order valence-electron chi connectivity index (χ1n) is 10.8. The Balaban J connectivity index is 1.36. The Morgan fingerprint density at radius 3 is 2.53 bits per heavy atom. The van der Waals surface area contributed by atoms with Crippen LogP contribution in [0, 0.1) is 0 Å². The van der Waals surface area contributed by atoms with Gasteiger partial charge in [0.05, 0.1) is 13.2 Å². The summed E-state index contributed by atoms with van der Waals surface area (Å²) in [5.41, 5.74) is 2.68. The summed E-state index contributed by atoms with van der Waals surface area (Å²) in [5, 5.41) is 10.2. The van der Waals surface area contributed by atoms with E-state index in [-0.39, 0.29) is 0 Å². The van der Waals surface area contributed by atoms with Gasteiger partial charge in [-0.25, -0.2) is 4.98 Å². The topological polar surface area (TPSA) is 73.8 Å². The average molecular weight is 411 g/mol. The summed E-state index contributed by atoms with van der Waals surface area (Å²) >= 11 is 0. The maximum atomic E-state index is 5.46. The third-order valence-electron chi connectivity index (χ3n) is 5.15. The molecule has 1 fully saturated rings. The number of nitrogens with zero attached hydrogens (tertiary/aromatic N) is 3. The van der Waals surface area contributed by atoms with Gasteiger partial charge < -0.3 is 20.7 Å². The molecule has 30 heavy (non-hydrogen) atoms. The summed E-state index contributed by atoms with van der Waals surface area (Å²) in [7, 11) is 1.82. The van der Waals surface area contributed by atoms with Gasteiger partial charge in [0.15, 0.2) is 5.96 Å². The Labute approximate surface area is 179 Å². The summed E-state index contributed by atoms with van der Waals surface area (Å²) in [4.78, 5) is 11.1. The van der Waals surface area contributed by atoms with Gasteiger partial charge in [-0.2, -0.15) is 0 Å². The second-order valence-corrected chi connectivity index (χ2v) is 7.36. The lowest BCUT2D eigenvalue weighted by atomic mass is 10.1. The number of rotatable bonds is 10. The van der Waals surface area contributed by atoms with E-state index in [4.69, 9.17) is 4.74 Å².